The molecule has 4 aromatic rings. The number of rotatable bonds is 3. The van der Waals surface area contributed by atoms with Gasteiger partial charge in [0.05, 0.1) is 10.5 Å². The molecule has 0 fully saturated rings. The van der Waals surface area contributed by atoms with Crippen molar-refractivity contribution in [2.45, 2.75) is 17.4 Å². The summed E-state index contributed by atoms with van der Waals surface area (Å²) in [5.74, 6) is 1.45. The van der Waals surface area contributed by atoms with Crippen LogP contribution in [0.4, 0.5) is 5.82 Å². The van der Waals surface area contributed by atoms with Crippen LogP contribution in [0.3, 0.4) is 0 Å². The number of anilines is 1. The topological polar surface area (TPSA) is 89.3 Å². The van der Waals surface area contributed by atoms with Crippen molar-refractivity contribution in [3.8, 4) is 11.6 Å². The Bertz CT molecular complexity index is 1630. The highest BCUT2D eigenvalue weighted by atomic mass is 32.2. The van der Waals surface area contributed by atoms with Crippen LogP contribution in [0, 0.1) is 4.77 Å². The third-order valence-corrected chi connectivity index (χ3v) is 8.51. The normalized spacial score (nSPS) is 16.5. The summed E-state index contributed by atoms with van der Waals surface area (Å²) in [6.07, 6.45) is 1.64. The second-order valence-electron chi connectivity index (χ2n) is 8.47. The minimum atomic E-state index is -3.75. The Labute approximate surface area is 201 Å². The van der Waals surface area contributed by atoms with E-state index in [-0.39, 0.29) is 10.8 Å². The van der Waals surface area contributed by atoms with Crippen molar-refractivity contribution >= 4 is 39.0 Å². The molecule has 2 aliphatic rings. The zero-order valence-corrected chi connectivity index (χ0v) is 20.2. The summed E-state index contributed by atoms with van der Waals surface area (Å²) in [5.41, 5.74) is 3.03. The first-order chi connectivity index (χ1) is 16.4. The Morgan fingerprint density at radius 2 is 1.97 bits per heavy atom. The number of fused-ring (bicyclic) bond motifs is 6. The second-order valence-corrected chi connectivity index (χ2v) is 11.0. The Balaban J connectivity index is 1.75. The van der Waals surface area contributed by atoms with E-state index in [9.17, 15) is 8.42 Å². The molecule has 10 heteroatoms. The molecule has 1 unspecified atom stereocenters. The van der Waals surface area contributed by atoms with Gasteiger partial charge in [-0.25, -0.2) is 12.7 Å². The summed E-state index contributed by atoms with van der Waals surface area (Å²) in [5, 5.41) is 3.93. The first-order valence-electron chi connectivity index (χ1n) is 10.8. The van der Waals surface area contributed by atoms with Gasteiger partial charge in [-0.15, -0.1) is 0 Å². The average molecular weight is 492 g/mol. The standard InChI is InChI=1S/C24H21N5O3S2/c1-28(2)34(30,31)17-13-16-18(14-7-4-3-5-8-14)19-22-26-11-12-29(22)24(33)27-23(19)32-21(16)20-15(17)9-6-10-25-20/h3-10,13,18,26H,11-12H2,1-2H3. The molecule has 0 amide bonds. The van der Waals surface area contributed by atoms with Gasteiger partial charge in [0.1, 0.15) is 11.3 Å². The van der Waals surface area contributed by atoms with Crippen LogP contribution >= 0.6 is 12.2 Å². The Hall–Kier alpha value is -3.34. The van der Waals surface area contributed by atoms with Crippen LogP contribution in [0.25, 0.3) is 10.9 Å². The van der Waals surface area contributed by atoms with Gasteiger partial charge < -0.3 is 14.6 Å². The molecule has 2 aliphatic heterocycles. The summed E-state index contributed by atoms with van der Waals surface area (Å²) in [6, 6.07) is 15.1. The van der Waals surface area contributed by atoms with Crippen LogP contribution < -0.4 is 10.1 Å². The fraction of sp³-hybridized carbons (Fsp3) is 0.208. The number of pyridine rings is 1. The van der Waals surface area contributed by atoms with E-state index in [1.165, 1.54) is 18.4 Å². The Morgan fingerprint density at radius 1 is 1.18 bits per heavy atom. The quantitative estimate of drug-likeness (QED) is 0.380. The summed E-state index contributed by atoms with van der Waals surface area (Å²) in [7, 11) is -0.698. The van der Waals surface area contributed by atoms with Gasteiger partial charge in [-0.1, -0.05) is 30.3 Å². The lowest BCUT2D eigenvalue weighted by Crippen LogP contribution is -2.24. The van der Waals surface area contributed by atoms with Crippen molar-refractivity contribution in [3.05, 3.63) is 76.2 Å². The van der Waals surface area contributed by atoms with Crippen molar-refractivity contribution in [2.24, 2.45) is 0 Å². The molecule has 2 aromatic carbocycles. The van der Waals surface area contributed by atoms with E-state index in [0.29, 0.717) is 33.8 Å². The van der Waals surface area contributed by atoms with Gasteiger partial charge in [0.25, 0.3) is 0 Å². The molecular weight excluding hydrogens is 470 g/mol. The third-order valence-electron chi connectivity index (χ3n) is 6.34. The Morgan fingerprint density at radius 3 is 2.74 bits per heavy atom. The number of nitrogens with zero attached hydrogens (tertiary/aromatic N) is 4. The SMILES string of the molecule is CN(C)S(=O)(=O)c1cc2c(c3ncccc13)Oc1nc(=S)n3c(c1C2c1ccccc1)NCC3. The van der Waals surface area contributed by atoms with Gasteiger partial charge in [0, 0.05) is 50.2 Å². The molecule has 4 heterocycles. The van der Waals surface area contributed by atoms with Gasteiger partial charge in [0.15, 0.2) is 5.75 Å². The number of hydrogen-bond donors (Lipinski definition) is 1. The highest BCUT2D eigenvalue weighted by Crippen LogP contribution is 2.52. The fourth-order valence-corrected chi connectivity index (χ4v) is 6.13. The zero-order chi connectivity index (χ0) is 23.6. The molecule has 0 spiro atoms. The highest BCUT2D eigenvalue weighted by Gasteiger charge is 2.38. The van der Waals surface area contributed by atoms with Crippen molar-refractivity contribution < 1.29 is 13.2 Å². The summed E-state index contributed by atoms with van der Waals surface area (Å²) < 4.78 is 36.7. The first-order valence-corrected chi connectivity index (χ1v) is 12.7. The fourth-order valence-electron chi connectivity index (χ4n) is 4.75. The van der Waals surface area contributed by atoms with Gasteiger partial charge in [-0.2, -0.15) is 4.98 Å². The van der Waals surface area contributed by atoms with E-state index < -0.39 is 10.0 Å². The maximum atomic E-state index is 13.4. The zero-order valence-electron chi connectivity index (χ0n) is 18.5. The molecule has 0 bridgehead atoms. The van der Waals surface area contributed by atoms with Gasteiger partial charge in [-0.3, -0.25) is 4.98 Å². The average Bonchev–Trinajstić information content (AvgIpc) is 3.33. The van der Waals surface area contributed by atoms with Crippen LogP contribution in [0.2, 0.25) is 0 Å². The lowest BCUT2D eigenvalue weighted by Gasteiger charge is -2.31. The number of ether oxygens (including phenoxy) is 1. The van der Waals surface area contributed by atoms with E-state index in [1.54, 1.807) is 24.4 Å². The first kappa shape index (κ1) is 21.2. The minimum Gasteiger partial charge on any atom is -0.436 e. The molecule has 34 heavy (non-hydrogen) atoms. The molecule has 1 atom stereocenters. The van der Waals surface area contributed by atoms with E-state index in [2.05, 4.69) is 15.3 Å². The lowest BCUT2D eigenvalue weighted by atomic mass is 9.83. The largest absolute Gasteiger partial charge is 0.436 e. The molecule has 172 valence electrons. The summed E-state index contributed by atoms with van der Waals surface area (Å²) in [4.78, 5) is 9.36. The van der Waals surface area contributed by atoms with Crippen molar-refractivity contribution in [3.63, 3.8) is 0 Å². The predicted octanol–water partition coefficient (Wildman–Crippen LogP) is 4.12. The van der Waals surface area contributed by atoms with Gasteiger partial charge in [0.2, 0.25) is 20.7 Å². The minimum absolute atomic E-state index is 0.192. The molecular formula is C24H21N5O3S2. The van der Waals surface area contributed by atoms with E-state index in [1.807, 2.05) is 34.9 Å². The third kappa shape index (κ3) is 2.99. The van der Waals surface area contributed by atoms with Crippen molar-refractivity contribution in [1.29, 1.82) is 0 Å². The maximum absolute atomic E-state index is 13.4. The number of aromatic nitrogens is 3. The van der Waals surface area contributed by atoms with Gasteiger partial charge in [-0.05, 0) is 36.0 Å². The number of benzene rings is 2. The van der Waals surface area contributed by atoms with Crippen molar-refractivity contribution in [2.75, 3.05) is 26.0 Å². The maximum Gasteiger partial charge on any atom is 0.243 e. The van der Waals surface area contributed by atoms with E-state index in [0.717, 1.165) is 29.1 Å². The van der Waals surface area contributed by atoms with E-state index >= 15 is 0 Å². The lowest BCUT2D eigenvalue weighted by molar-refractivity contribution is 0.432. The van der Waals surface area contributed by atoms with E-state index in [4.69, 9.17) is 17.0 Å². The molecule has 2 aromatic heterocycles. The smallest absolute Gasteiger partial charge is 0.243 e. The highest BCUT2D eigenvalue weighted by molar-refractivity contribution is 7.89. The summed E-state index contributed by atoms with van der Waals surface area (Å²) >= 11 is 5.54. The monoisotopic (exact) mass is 491 g/mol. The van der Waals surface area contributed by atoms with Crippen molar-refractivity contribution in [1.82, 2.24) is 18.8 Å². The molecule has 6 rings (SSSR count). The van der Waals surface area contributed by atoms with Crippen LogP contribution in [0.5, 0.6) is 11.6 Å². The molecule has 0 aliphatic carbocycles. The number of sulfonamides is 1. The molecule has 0 saturated carbocycles. The van der Waals surface area contributed by atoms with Crippen LogP contribution in [0.1, 0.15) is 22.6 Å². The number of hydrogen-bond acceptors (Lipinski definition) is 7. The van der Waals surface area contributed by atoms with Gasteiger partial charge >= 0.3 is 0 Å². The summed E-state index contributed by atoms with van der Waals surface area (Å²) in [6.45, 7) is 1.44. The van der Waals surface area contributed by atoms with Crippen LogP contribution in [-0.2, 0) is 16.6 Å². The molecule has 0 radical (unpaired) electrons. The van der Waals surface area contributed by atoms with Crippen LogP contribution in [0.15, 0.2) is 59.6 Å². The molecule has 8 nitrogen and oxygen atoms in total. The molecule has 1 N–H and O–H groups in total. The number of nitrogens with one attached hydrogen (secondary N) is 1. The Kier molecular flexibility index (Phi) is 4.73. The molecule has 0 saturated heterocycles. The van der Waals surface area contributed by atoms with Crippen LogP contribution in [-0.4, -0.2) is 47.9 Å². The predicted molar refractivity (Wildman–Crippen MR) is 132 cm³/mol. The second kappa shape index (κ2) is 7.59.